The molecular formula is C16H20N2O2. The number of aryl methyl sites for hydroxylation is 1. The molecule has 0 aliphatic heterocycles. The van der Waals surface area contributed by atoms with Crippen LogP contribution in [0.3, 0.4) is 0 Å². The summed E-state index contributed by atoms with van der Waals surface area (Å²) < 4.78 is 7.37. The Morgan fingerprint density at radius 2 is 2.30 bits per heavy atom. The Balaban J connectivity index is 1.93. The summed E-state index contributed by atoms with van der Waals surface area (Å²) in [6.45, 7) is 2.14. The lowest BCUT2D eigenvalue weighted by molar-refractivity contribution is 0.125. The van der Waals surface area contributed by atoms with Gasteiger partial charge in [-0.3, -0.25) is 0 Å². The molecule has 20 heavy (non-hydrogen) atoms. The van der Waals surface area contributed by atoms with Crippen molar-refractivity contribution in [1.29, 1.82) is 0 Å². The van der Waals surface area contributed by atoms with Crippen molar-refractivity contribution in [1.82, 2.24) is 9.55 Å². The van der Waals surface area contributed by atoms with Crippen LogP contribution in [-0.2, 0) is 12.8 Å². The minimum atomic E-state index is -0.495. The summed E-state index contributed by atoms with van der Waals surface area (Å²) in [5.74, 6) is 1.85. The maximum atomic E-state index is 10.6. The van der Waals surface area contributed by atoms with E-state index in [1.165, 1.54) is 5.56 Å². The zero-order valence-electron chi connectivity index (χ0n) is 11.9. The number of nitrogens with zero attached hydrogens (tertiary/aromatic N) is 2. The van der Waals surface area contributed by atoms with Gasteiger partial charge in [0.25, 0.3) is 0 Å². The van der Waals surface area contributed by atoms with E-state index in [-0.39, 0.29) is 6.04 Å². The fourth-order valence-electron chi connectivity index (χ4n) is 3.02. The van der Waals surface area contributed by atoms with Crippen molar-refractivity contribution in [3.05, 3.63) is 47.5 Å². The van der Waals surface area contributed by atoms with E-state index >= 15 is 0 Å². The highest BCUT2D eigenvalue weighted by Gasteiger charge is 2.33. The molecule has 4 heteroatoms. The molecular weight excluding hydrogens is 252 g/mol. The van der Waals surface area contributed by atoms with E-state index in [1.807, 2.05) is 30.6 Å². The lowest BCUT2D eigenvalue weighted by Crippen LogP contribution is -2.16. The monoisotopic (exact) mass is 272 g/mol. The summed E-state index contributed by atoms with van der Waals surface area (Å²) in [7, 11) is 1.65. The number of benzene rings is 1. The molecule has 0 fully saturated rings. The molecule has 3 rings (SSSR count). The topological polar surface area (TPSA) is 47.3 Å². The van der Waals surface area contributed by atoms with Gasteiger partial charge in [-0.05, 0) is 36.1 Å². The van der Waals surface area contributed by atoms with Crippen molar-refractivity contribution in [2.24, 2.45) is 0 Å². The Kier molecular flexibility index (Phi) is 3.49. The molecule has 2 atom stereocenters. The lowest BCUT2D eigenvalue weighted by atomic mass is 10.1. The molecule has 1 N–H and O–H groups in total. The molecule has 0 bridgehead atoms. The second-order valence-corrected chi connectivity index (χ2v) is 5.28. The minimum Gasteiger partial charge on any atom is -0.497 e. The number of fused-ring (bicyclic) bond motifs is 1. The van der Waals surface area contributed by atoms with Crippen molar-refractivity contribution in [3.63, 3.8) is 0 Å². The van der Waals surface area contributed by atoms with E-state index in [0.29, 0.717) is 0 Å². The summed E-state index contributed by atoms with van der Waals surface area (Å²) in [5.41, 5.74) is 2.17. The van der Waals surface area contributed by atoms with Gasteiger partial charge < -0.3 is 14.4 Å². The van der Waals surface area contributed by atoms with Gasteiger partial charge in [0.1, 0.15) is 17.7 Å². The summed E-state index contributed by atoms with van der Waals surface area (Å²) in [6, 6.07) is 5.99. The van der Waals surface area contributed by atoms with Crippen LogP contribution < -0.4 is 4.74 Å². The summed E-state index contributed by atoms with van der Waals surface area (Å²) in [6.07, 6.45) is 6.14. The fraction of sp³-hybridized carbons (Fsp3) is 0.438. The molecule has 0 saturated carbocycles. The van der Waals surface area contributed by atoms with Crippen LogP contribution in [-0.4, -0.2) is 21.8 Å². The van der Waals surface area contributed by atoms with Crippen LogP contribution in [0.4, 0.5) is 0 Å². The van der Waals surface area contributed by atoms with Gasteiger partial charge in [-0.15, -0.1) is 0 Å². The van der Waals surface area contributed by atoms with Crippen LogP contribution in [0.1, 0.15) is 42.4 Å². The van der Waals surface area contributed by atoms with Gasteiger partial charge in [0.2, 0.25) is 0 Å². The molecule has 1 aromatic carbocycles. The maximum Gasteiger partial charge on any atom is 0.119 e. The first-order chi connectivity index (χ1) is 9.74. The number of aliphatic hydroxyl groups is 1. The highest BCUT2D eigenvalue weighted by molar-refractivity contribution is 5.41. The summed E-state index contributed by atoms with van der Waals surface area (Å²) >= 11 is 0. The van der Waals surface area contributed by atoms with Crippen LogP contribution in [0.2, 0.25) is 0 Å². The third kappa shape index (κ3) is 2.10. The molecule has 2 unspecified atom stereocenters. The zero-order valence-corrected chi connectivity index (χ0v) is 11.9. The average Bonchev–Trinajstić information content (AvgIpc) is 3.04. The third-order valence-corrected chi connectivity index (χ3v) is 4.04. The molecule has 1 aliphatic rings. The normalized spacial score (nSPS) is 20.9. The van der Waals surface area contributed by atoms with E-state index < -0.39 is 6.10 Å². The number of hydrogen-bond acceptors (Lipinski definition) is 3. The van der Waals surface area contributed by atoms with Crippen LogP contribution in [0.5, 0.6) is 5.75 Å². The van der Waals surface area contributed by atoms with Gasteiger partial charge in [0.05, 0.1) is 13.2 Å². The number of ether oxygens (including phenoxy) is 1. The molecule has 0 saturated heterocycles. The Labute approximate surface area is 119 Å². The van der Waals surface area contributed by atoms with Crippen molar-refractivity contribution >= 4 is 0 Å². The minimum absolute atomic E-state index is 0.0427. The highest BCUT2D eigenvalue weighted by atomic mass is 16.5. The van der Waals surface area contributed by atoms with E-state index in [1.54, 1.807) is 7.11 Å². The van der Waals surface area contributed by atoms with Gasteiger partial charge in [-0.2, -0.15) is 0 Å². The molecule has 0 amide bonds. The van der Waals surface area contributed by atoms with Crippen molar-refractivity contribution in [2.45, 2.75) is 38.3 Å². The number of methoxy groups -OCH3 is 1. The number of aromatic nitrogens is 2. The first-order valence-corrected chi connectivity index (χ1v) is 7.11. The van der Waals surface area contributed by atoms with Crippen molar-refractivity contribution < 1.29 is 9.84 Å². The molecule has 1 heterocycles. The zero-order chi connectivity index (χ0) is 14.1. The molecule has 106 valence electrons. The second-order valence-electron chi connectivity index (χ2n) is 5.28. The predicted molar refractivity (Wildman–Crippen MR) is 76.9 cm³/mol. The van der Waals surface area contributed by atoms with Crippen molar-refractivity contribution in [3.8, 4) is 5.75 Å². The van der Waals surface area contributed by atoms with Crippen LogP contribution in [0.25, 0.3) is 0 Å². The first kappa shape index (κ1) is 13.2. The van der Waals surface area contributed by atoms with Crippen LogP contribution >= 0.6 is 0 Å². The van der Waals surface area contributed by atoms with Crippen LogP contribution in [0.15, 0.2) is 30.6 Å². The Hall–Kier alpha value is -1.81. The van der Waals surface area contributed by atoms with Gasteiger partial charge in [-0.1, -0.05) is 13.0 Å². The summed E-state index contributed by atoms with van der Waals surface area (Å²) in [5, 5.41) is 10.6. The molecule has 1 aliphatic carbocycles. The molecule has 1 aromatic heterocycles. The molecule has 2 aromatic rings. The SMILES string of the molecule is CCCc1nccn1C1Cc2ccc(OC)cc2C1O. The average molecular weight is 272 g/mol. The fourth-order valence-corrected chi connectivity index (χ4v) is 3.02. The Morgan fingerprint density at radius 1 is 1.45 bits per heavy atom. The second kappa shape index (κ2) is 5.29. The van der Waals surface area contributed by atoms with Crippen molar-refractivity contribution in [2.75, 3.05) is 7.11 Å². The first-order valence-electron chi connectivity index (χ1n) is 7.11. The molecule has 0 spiro atoms. The highest BCUT2D eigenvalue weighted by Crippen LogP contribution is 2.41. The number of hydrogen-bond donors (Lipinski definition) is 1. The number of aliphatic hydroxyl groups excluding tert-OH is 1. The standard InChI is InChI=1S/C16H20N2O2/c1-3-4-15-17-7-8-18(15)14-9-11-5-6-12(20-2)10-13(11)16(14)19/h5-8,10,14,16,19H,3-4,9H2,1-2H3. The van der Waals surface area contributed by atoms with E-state index in [4.69, 9.17) is 4.74 Å². The van der Waals surface area contributed by atoms with Gasteiger partial charge >= 0.3 is 0 Å². The molecule has 4 nitrogen and oxygen atoms in total. The predicted octanol–water partition coefficient (Wildman–Crippen LogP) is 2.68. The van der Waals surface area contributed by atoms with Crippen LogP contribution in [0, 0.1) is 0 Å². The Morgan fingerprint density at radius 3 is 3.05 bits per heavy atom. The Bertz CT molecular complexity index is 606. The van der Waals surface area contributed by atoms with E-state index in [9.17, 15) is 5.11 Å². The number of rotatable bonds is 4. The maximum absolute atomic E-state index is 10.6. The van der Waals surface area contributed by atoms with E-state index in [2.05, 4.69) is 16.5 Å². The van der Waals surface area contributed by atoms with Gasteiger partial charge in [0, 0.05) is 18.8 Å². The van der Waals surface area contributed by atoms with Gasteiger partial charge in [-0.25, -0.2) is 4.98 Å². The third-order valence-electron chi connectivity index (χ3n) is 4.04. The summed E-state index contributed by atoms with van der Waals surface area (Å²) in [4.78, 5) is 4.41. The number of imidazole rings is 1. The smallest absolute Gasteiger partial charge is 0.119 e. The lowest BCUT2D eigenvalue weighted by Gasteiger charge is -2.19. The largest absolute Gasteiger partial charge is 0.497 e. The van der Waals surface area contributed by atoms with E-state index in [0.717, 1.165) is 36.4 Å². The molecule has 0 radical (unpaired) electrons. The van der Waals surface area contributed by atoms with Gasteiger partial charge in [0.15, 0.2) is 0 Å². The quantitative estimate of drug-likeness (QED) is 0.931.